The molecule has 1 aliphatic heterocycles. The van der Waals surface area contributed by atoms with Crippen molar-refractivity contribution in [3.63, 3.8) is 0 Å². The van der Waals surface area contributed by atoms with Gasteiger partial charge in [-0.05, 0) is 19.9 Å². The van der Waals surface area contributed by atoms with Gasteiger partial charge < -0.3 is 5.73 Å². The predicted molar refractivity (Wildman–Crippen MR) is 70.1 cm³/mol. The maximum absolute atomic E-state index is 12.9. The summed E-state index contributed by atoms with van der Waals surface area (Å²) >= 11 is 0. The summed E-state index contributed by atoms with van der Waals surface area (Å²) in [6.45, 7) is 4.03. The van der Waals surface area contributed by atoms with E-state index in [2.05, 4.69) is 5.10 Å². The van der Waals surface area contributed by atoms with Crippen LogP contribution in [0.25, 0.3) is 0 Å². The molecule has 118 valence electrons. The van der Waals surface area contributed by atoms with Crippen LogP contribution in [0.2, 0.25) is 0 Å². The molecule has 0 unspecified atom stereocenters. The van der Waals surface area contributed by atoms with Gasteiger partial charge in [-0.15, -0.1) is 0 Å². The minimum absolute atomic E-state index is 0.0219. The smallest absolute Gasteiger partial charge is 0.369 e. The molecule has 0 bridgehead atoms. The van der Waals surface area contributed by atoms with Crippen LogP contribution in [0, 0.1) is 11.8 Å². The highest BCUT2D eigenvalue weighted by Crippen LogP contribution is 2.37. The number of amides is 1. The van der Waals surface area contributed by atoms with Crippen molar-refractivity contribution in [1.29, 1.82) is 0 Å². The molecule has 2 rings (SSSR count). The molecule has 2 heterocycles. The van der Waals surface area contributed by atoms with Crippen molar-refractivity contribution in [2.75, 3.05) is 13.1 Å². The minimum Gasteiger partial charge on any atom is -0.369 e. The summed E-state index contributed by atoms with van der Waals surface area (Å²) in [7, 11) is 0. The molecule has 0 radical (unpaired) electrons. The van der Waals surface area contributed by atoms with E-state index in [1.54, 1.807) is 21.8 Å². The number of hydrogen-bond acceptors (Lipinski definition) is 3. The highest BCUT2D eigenvalue weighted by molar-refractivity contribution is 5.77. The van der Waals surface area contributed by atoms with Gasteiger partial charge in [0.1, 0.15) is 0 Å². The largest absolute Gasteiger partial charge is 0.393 e. The van der Waals surface area contributed by atoms with Crippen LogP contribution in [-0.2, 0) is 11.3 Å². The average molecular weight is 304 g/mol. The molecule has 1 amide bonds. The van der Waals surface area contributed by atoms with Crippen LogP contribution in [0.3, 0.4) is 0 Å². The number of halogens is 3. The number of nitrogens with two attached hydrogens (primary N) is 1. The van der Waals surface area contributed by atoms with E-state index >= 15 is 0 Å². The number of primary amides is 1. The van der Waals surface area contributed by atoms with Crippen LogP contribution in [-0.4, -0.2) is 39.9 Å². The topological polar surface area (TPSA) is 64.2 Å². The van der Waals surface area contributed by atoms with Crippen LogP contribution >= 0.6 is 0 Å². The van der Waals surface area contributed by atoms with E-state index in [1.165, 1.54) is 0 Å². The molecule has 0 aromatic carbocycles. The fraction of sp³-hybridized carbons (Fsp3) is 0.692. The van der Waals surface area contributed by atoms with Gasteiger partial charge in [0.2, 0.25) is 5.91 Å². The highest BCUT2D eigenvalue weighted by atomic mass is 19.4. The fourth-order valence-corrected chi connectivity index (χ4v) is 2.61. The normalized spacial score (nSPS) is 23.9. The van der Waals surface area contributed by atoms with E-state index < -0.39 is 23.9 Å². The van der Waals surface area contributed by atoms with Crippen LogP contribution in [0.1, 0.15) is 25.6 Å². The summed E-state index contributed by atoms with van der Waals surface area (Å²) in [5.41, 5.74) is 5.79. The van der Waals surface area contributed by atoms with Gasteiger partial charge in [0.15, 0.2) is 0 Å². The zero-order chi connectivity index (χ0) is 15.8. The summed E-state index contributed by atoms with van der Waals surface area (Å²) < 4.78 is 40.6. The van der Waals surface area contributed by atoms with E-state index in [-0.39, 0.29) is 25.7 Å². The summed E-state index contributed by atoms with van der Waals surface area (Å²) in [6, 6.07) is 1.97. The molecular weight excluding hydrogens is 285 g/mol. The highest BCUT2D eigenvalue weighted by Gasteiger charge is 2.51. The molecule has 0 aliphatic carbocycles. The van der Waals surface area contributed by atoms with Gasteiger partial charge in [-0.3, -0.25) is 14.4 Å². The predicted octanol–water partition coefficient (Wildman–Crippen LogP) is 1.56. The molecule has 21 heavy (non-hydrogen) atoms. The van der Waals surface area contributed by atoms with Crippen molar-refractivity contribution >= 4 is 5.91 Å². The van der Waals surface area contributed by atoms with Gasteiger partial charge >= 0.3 is 6.18 Å². The second-order valence-electron chi connectivity index (χ2n) is 5.73. The maximum Gasteiger partial charge on any atom is 0.393 e. The number of nitrogens with zero attached hydrogens (tertiary/aromatic N) is 3. The number of aromatic nitrogens is 2. The van der Waals surface area contributed by atoms with Crippen molar-refractivity contribution in [3.05, 3.63) is 18.0 Å². The van der Waals surface area contributed by atoms with Crippen LogP contribution in [0.4, 0.5) is 13.2 Å². The van der Waals surface area contributed by atoms with Crippen LogP contribution in [0.5, 0.6) is 0 Å². The lowest BCUT2D eigenvalue weighted by Crippen LogP contribution is -2.37. The summed E-state index contributed by atoms with van der Waals surface area (Å²) in [4.78, 5) is 12.8. The molecular formula is C13H19F3N4O. The Bertz CT molecular complexity index is 512. The Hall–Kier alpha value is -1.57. The van der Waals surface area contributed by atoms with E-state index in [1.807, 2.05) is 13.8 Å². The lowest BCUT2D eigenvalue weighted by Gasteiger charge is -2.18. The molecule has 1 saturated heterocycles. The lowest BCUT2D eigenvalue weighted by molar-refractivity contribution is -0.182. The van der Waals surface area contributed by atoms with Gasteiger partial charge in [0, 0.05) is 31.9 Å². The molecule has 1 aromatic heterocycles. The van der Waals surface area contributed by atoms with Gasteiger partial charge in [0.05, 0.1) is 17.5 Å². The molecule has 1 fully saturated rings. The first kappa shape index (κ1) is 15.8. The second-order valence-corrected chi connectivity index (χ2v) is 5.73. The van der Waals surface area contributed by atoms with E-state index in [9.17, 15) is 18.0 Å². The van der Waals surface area contributed by atoms with Crippen molar-refractivity contribution < 1.29 is 18.0 Å². The van der Waals surface area contributed by atoms with Gasteiger partial charge in [-0.1, -0.05) is 0 Å². The number of likely N-dealkylation sites (tertiary alicyclic amines) is 1. The number of alkyl halides is 3. The second kappa shape index (κ2) is 5.67. The Balaban J connectivity index is 2.06. The lowest BCUT2D eigenvalue weighted by atomic mass is 9.95. The van der Waals surface area contributed by atoms with Crippen molar-refractivity contribution in [2.45, 2.75) is 32.6 Å². The molecule has 0 spiro atoms. The number of carbonyl (C=O) groups is 1. The molecule has 0 saturated carbocycles. The molecule has 8 heteroatoms. The Morgan fingerprint density at radius 3 is 2.57 bits per heavy atom. The molecule has 1 aromatic rings. The monoisotopic (exact) mass is 304 g/mol. The molecule has 5 nitrogen and oxygen atoms in total. The van der Waals surface area contributed by atoms with Crippen LogP contribution in [0.15, 0.2) is 12.3 Å². The van der Waals surface area contributed by atoms with Gasteiger partial charge in [0.25, 0.3) is 0 Å². The van der Waals surface area contributed by atoms with Crippen molar-refractivity contribution in [1.82, 2.24) is 14.7 Å². The van der Waals surface area contributed by atoms with Crippen molar-refractivity contribution in [3.8, 4) is 0 Å². The first-order chi connectivity index (χ1) is 9.68. The summed E-state index contributed by atoms with van der Waals surface area (Å²) in [5, 5.41) is 4.31. The number of carbonyl (C=O) groups excluding carboxylic acids is 1. The Morgan fingerprint density at radius 1 is 1.48 bits per heavy atom. The quantitative estimate of drug-likeness (QED) is 0.918. The van der Waals surface area contributed by atoms with Gasteiger partial charge in [-0.2, -0.15) is 18.3 Å². The third-order valence-corrected chi connectivity index (χ3v) is 3.76. The molecule has 2 N–H and O–H groups in total. The summed E-state index contributed by atoms with van der Waals surface area (Å²) in [6.07, 6.45) is -2.62. The number of hydrogen-bond donors (Lipinski definition) is 1. The first-order valence-electron chi connectivity index (χ1n) is 6.81. The average Bonchev–Trinajstić information content (AvgIpc) is 2.95. The molecule has 2 atom stereocenters. The third kappa shape index (κ3) is 3.55. The van der Waals surface area contributed by atoms with E-state index in [0.717, 1.165) is 0 Å². The Kier molecular flexibility index (Phi) is 4.27. The fourth-order valence-electron chi connectivity index (χ4n) is 2.61. The summed E-state index contributed by atoms with van der Waals surface area (Å²) in [5.74, 6) is -3.77. The minimum atomic E-state index is -4.41. The Morgan fingerprint density at radius 2 is 2.14 bits per heavy atom. The maximum atomic E-state index is 12.9. The zero-order valence-corrected chi connectivity index (χ0v) is 12.0. The van der Waals surface area contributed by atoms with E-state index in [0.29, 0.717) is 5.69 Å². The standard InChI is InChI=1S/C13H19F3N4O/c1-8(2)20-4-3-9(18-20)5-19-6-10(12(17)21)11(7-19)13(14,15)16/h3-4,8,10-11H,5-7H2,1-2H3,(H2,17,21)/t10-,11-/m1/s1. The third-order valence-electron chi connectivity index (χ3n) is 3.76. The Labute approximate surface area is 120 Å². The zero-order valence-electron chi connectivity index (χ0n) is 12.0. The van der Waals surface area contributed by atoms with E-state index in [4.69, 9.17) is 5.73 Å². The van der Waals surface area contributed by atoms with Gasteiger partial charge in [-0.25, -0.2) is 0 Å². The first-order valence-corrected chi connectivity index (χ1v) is 6.81. The number of rotatable bonds is 4. The molecule has 1 aliphatic rings. The van der Waals surface area contributed by atoms with Crippen molar-refractivity contribution in [2.24, 2.45) is 17.6 Å². The van der Waals surface area contributed by atoms with Crippen LogP contribution < -0.4 is 5.73 Å². The SMILES string of the molecule is CC(C)n1ccc(CN2C[C@@H](C(F)(F)F)[C@H](C(N)=O)C2)n1.